The number of benzene rings is 2. The lowest BCUT2D eigenvalue weighted by Gasteiger charge is -2.04. The molecule has 0 aliphatic heterocycles. The van der Waals surface area contributed by atoms with Crippen molar-refractivity contribution in [1.82, 2.24) is 10.3 Å². The third-order valence-corrected chi connectivity index (χ3v) is 3.62. The summed E-state index contributed by atoms with van der Waals surface area (Å²) in [5.74, 6) is -0.370. The molecule has 5 nitrogen and oxygen atoms in total. The Morgan fingerprint density at radius 3 is 2.57 bits per heavy atom. The van der Waals surface area contributed by atoms with Crippen molar-refractivity contribution in [3.05, 3.63) is 71.4 Å². The van der Waals surface area contributed by atoms with E-state index in [1.54, 1.807) is 36.5 Å². The molecule has 3 N–H and O–H groups in total. The van der Waals surface area contributed by atoms with Crippen LogP contribution in [0.1, 0.15) is 26.3 Å². The van der Waals surface area contributed by atoms with Crippen LogP contribution >= 0.6 is 0 Å². The van der Waals surface area contributed by atoms with Crippen molar-refractivity contribution in [3.8, 4) is 0 Å². The van der Waals surface area contributed by atoms with E-state index in [4.69, 9.17) is 5.11 Å². The number of ketones is 1. The van der Waals surface area contributed by atoms with E-state index in [1.165, 1.54) is 0 Å². The van der Waals surface area contributed by atoms with Gasteiger partial charge in [0.1, 0.15) is 0 Å². The van der Waals surface area contributed by atoms with Crippen LogP contribution in [0.2, 0.25) is 0 Å². The molecule has 0 aliphatic carbocycles. The number of fused-ring (bicyclic) bond motifs is 1. The quantitative estimate of drug-likeness (QED) is 0.631. The van der Waals surface area contributed by atoms with Crippen LogP contribution in [0.25, 0.3) is 10.9 Å². The number of hydrogen-bond donors (Lipinski definition) is 3. The third-order valence-electron chi connectivity index (χ3n) is 3.62. The van der Waals surface area contributed by atoms with Crippen LogP contribution in [0.5, 0.6) is 0 Å². The molecule has 0 unspecified atom stereocenters. The zero-order valence-corrected chi connectivity index (χ0v) is 12.4. The molecular formula is C18H16N2O3. The molecule has 0 aliphatic rings. The molecule has 2 aromatic carbocycles. The number of carbonyl (C=O) groups excluding carboxylic acids is 2. The van der Waals surface area contributed by atoms with Gasteiger partial charge in [0, 0.05) is 40.3 Å². The standard InChI is InChI=1S/C18H16N2O3/c21-9-8-19-18(23)13-6-7-16-14(10-13)15(11-20-16)17(22)12-4-2-1-3-5-12/h1-7,10-11,20-21H,8-9H2,(H,19,23). The lowest BCUT2D eigenvalue weighted by Crippen LogP contribution is -2.26. The third kappa shape index (κ3) is 3.00. The predicted octanol–water partition coefficient (Wildman–Crippen LogP) is 2.12. The van der Waals surface area contributed by atoms with Gasteiger partial charge in [-0.05, 0) is 18.2 Å². The Morgan fingerprint density at radius 2 is 1.83 bits per heavy atom. The summed E-state index contributed by atoms with van der Waals surface area (Å²) >= 11 is 0. The van der Waals surface area contributed by atoms with Gasteiger partial charge in [0.05, 0.1) is 6.61 Å². The molecule has 0 saturated heterocycles. The van der Waals surface area contributed by atoms with Gasteiger partial charge in [-0.15, -0.1) is 0 Å². The molecule has 0 atom stereocenters. The van der Waals surface area contributed by atoms with Crippen molar-refractivity contribution < 1.29 is 14.7 Å². The highest BCUT2D eigenvalue weighted by Gasteiger charge is 2.15. The lowest BCUT2D eigenvalue weighted by atomic mass is 10.0. The van der Waals surface area contributed by atoms with E-state index < -0.39 is 0 Å². The average Bonchev–Trinajstić information content (AvgIpc) is 3.02. The summed E-state index contributed by atoms with van der Waals surface area (Å²) in [6.45, 7) is 0.0791. The minimum atomic E-state index is -0.278. The van der Waals surface area contributed by atoms with Crippen molar-refractivity contribution in [3.63, 3.8) is 0 Å². The summed E-state index contributed by atoms with van der Waals surface area (Å²) < 4.78 is 0. The zero-order valence-electron chi connectivity index (χ0n) is 12.4. The molecule has 0 fully saturated rings. The van der Waals surface area contributed by atoms with Gasteiger partial charge < -0.3 is 15.4 Å². The van der Waals surface area contributed by atoms with E-state index in [0.717, 1.165) is 5.52 Å². The molecule has 0 bridgehead atoms. The Labute approximate surface area is 133 Å². The molecule has 1 amide bonds. The first-order chi connectivity index (χ1) is 11.2. The highest BCUT2D eigenvalue weighted by Crippen LogP contribution is 2.22. The summed E-state index contributed by atoms with van der Waals surface area (Å²) in [6.07, 6.45) is 1.66. The van der Waals surface area contributed by atoms with Crippen LogP contribution in [0.4, 0.5) is 0 Å². The number of aromatic amines is 1. The minimum Gasteiger partial charge on any atom is -0.395 e. The van der Waals surface area contributed by atoms with E-state index in [0.29, 0.717) is 22.1 Å². The molecular weight excluding hydrogens is 292 g/mol. The molecule has 0 saturated carbocycles. The van der Waals surface area contributed by atoms with Crippen LogP contribution in [0, 0.1) is 0 Å². The Balaban J connectivity index is 1.99. The van der Waals surface area contributed by atoms with Gasteiger partial charge in [0.25, 0.3) is 5.91 Å². The predicted molar refractivity (Wildman–Crippen MR) is 87.6 cm³/mol. The number of hydrogen-bond acceptors (Lipinski definition) is 3. The monoisotopic (exact) mass is 308 g/mol. The first kappa shape index (κ1) is 15.0. The number of carbonyl (C=O) groups is 2. The van der Waals surface area contributed by atoms with Crippen molar-refractivity contribution in [2.75, 3.05) is 13.2 Å². The molecule has 116 valence electrons. The van der Waals surface area contributed by atoms with Gasteiger partial charge in [0.15, 0.2) is 5.78 Å². The maximum Gasteiger partial charge on any atom is 0.251 e. The molecule has 0 radical (unpaired) electrons. The zero-order chi connectivity index (χ0) is 16.2. The normalized spacial score (nSPS) is 10.7. The van der Waals surface area contributed by atoms with E-state index in [1.807, 2.05) is 18.2 Å². The average molecular weight is 308 g/mol. The van der Waals surface area contributed by atoms with Crippen LogP contribution in [-0.2, 0) is 0 Å². The number of aromatic nitrogens is 1. The van der Waals surface area contributed by atoms with Crippen LogP contribution in [0.3, 0.4) is 0 Å². The van der Waals surface area contributed by atoms with Crippen molar-refractivity contribution in [2.45, 2.75) is 0 Å². The minimum absolute atomic E-state index is 0.0928. The molecule has 1 aromatic heterocycles. The second-order valence-corrected chi connectivity index (χ2v) is 5.14. The number of H-pyrrole nitrogens is 1. The number of aliphatic hydroxyl groups excluding tert-OH is 1. The topological polar surface area (TPSA) is 82.2 Å². The Kier molecular flexibility index (Phi) is 4.21. The highest BCUT2D eigenvalue weighted by molar-refractivity contribution is 6.17. The van der Waals surface area contributed by atoms with Gasteiger partial charge in [-0.1, -0.05) is 30.3 Å². The number of nitrogens with one attached hydrogen (secondary N) is 2. The second-order valence-electron chi connectivity index (χ2n) is 5.14. The fourth-order valence-corrected chi connectivity index (χ4v) is 2.47. The molecule has 5 heteroatoms. The molecule has 3 aromatic rings. The summed E-state index contributed by atoms with van der Waals surface area (Å²) in [6, 6.07) is 14.2. The molecule has 1 heterocycles. The van der Waals surface area contributed by atoms with Crippen molar-refractivity contribution >= 4 is 22.6 Å². The van der Waals surface area contributed by atoms with Gasteiger partial charge in [-0.25, -0.2) is 0 Å². The number of rotatable bonds is 5. The Hall–Kier alpha value is -2.92. The summed E-state index contributed by atoms with van der Waals surface area (Å²) in [5.41, 5.74) is 2.38. The fraction of sp³-hybridized carbons (Fsp3) is 0.111. The first-order valence-electron chi connectivity index (χ1n) is 7.30. The Morgan fingerprint density at radius 1 is 1.04 bits per heavy atom. The van der Waals surface area contributed by atoms with Crippen LogP contribution in [-0.4, -0.2) is 34.9 Å². The van der Waals surface area contributed by atoms with Crippen LogP contribution < -0.4 is 5.32 Å². The highest BCUT2D eigenvalue weighted by atomic mass is 16.3. The van der Waals surface area contributed by atoms with E-state index in [9.17, 15) is 9.59 Å². The van der Waals surface area contributed by atoms with E-state index >= 15 is 0 Å². The maximum absolute atomic E-state index is 12.6. The second kappa shape index (κ2) is 6.46. The lowest BCUT2D eigenvalue weighted by molar-refractivity contribution is 0.0944. The van der Waals surface area contributed by atoms with Gasteiger partial charge in [-0.3, -0.25) is 9.59 Å². The number of amides is 1. The van der Waals surface area contributed by atoms with E-state index in [2.05, 4.69) is 10.3 Å². The first-order valence-corrected chi connectivity index (χ1v) is 7.30. The van der Waals surface area contributed by atoms with Gasteiger partial charge >= 0.3 is 0 Å². The van der Waals surface area contributed by atoms with E-state index in [-0.39, 0.29) is 24.8 Å². The van der Waals surface area contributed by atoms with Gasteiger partial charge in [0.2, 0.25) is 0 Å². The Bertz CT molecular complexity index is 853. The summed E-state index contributed by atoms with van der Waals surface area (Å²) in [7, 11) is 0. The largest absolute Gasteiger partial charge is 0.395 e. The smallest absolute Gasteiger partial charge is 0.251 e. The molecule has 0 spiro atoms. The van der Waals surface area contributed by atoms with Crippen molar-refractivity contribution in [1.29, 1.82) is 0 Å². The van der Waals surface area contributed by atoms with Gasteiger partial charge in [-0.2, -0.15) is 0 Å². The summed E-state index contributed by atoms with van der Waals surface area (Å²) in [5, 5.41) is 12.1. The molecule has 23 heavy (non-hydrogen) atoms. The van der Waals surface area contributed by atoms with Crippen molar-refractivity contribution in [2.24, 2.45) is 0 Å². The fourth-order valence-electron chi connectivity index (χ4n) is 2.47. The van der Waals surface area contributed by atoms with Crippen LogP contribution in [0.15, 0.2) is 54.7 Å². The number of aliphatic hydroxyl groups is 1. The maximum atomic E-state index is 12.6. The summed E-state index contributed by atoms with van der Waals surface area (Å²) in [4.78, 5) is 27.7. The molecule has 3 rings (SSSR count). The SMILES string of the molecule is O=C(NCCO)c1ccc2[nH]cc(C(=O)c3ccccc3)c2c1.